The molecule has 1 N–H and O–H groups in total. The average molecular weight is 245 g/mol. The molecule has 2 aromatic rings. The van der Waals surface area contributed by atoms with Crippen LogP contribution in [0.2, 0.25) is 0 Å². The van der Waals surface area contributed by atoms with Crippen molar-refractivity contribution < 1.29 is 9.21 Å². The van der Waals surface area contributed by atoms with E-state index in [1.165, 1.54) is 6.26 Å². The number of benzene rings is 1. The van der Waals surface area contributed by atoms with Crippen LogP contribution in [0, 0.1) is 0 Å². The molecular formula is C14H15NO3. The minimum absolute atomic E-state index is 0.205. The van der Waals surface area contributed by atoms with Gasteiger partial charge in [0.25, 0.3) is 5.91 Å². The van der Waals surface area contributed by atoms with Gasteiger partial charge in [-0.3, -0.25) is 4.79 Å². The Morgan fingerprint density at radius 3 is 2.72 bits per heavy atom. The second-order valence-corrected chi connectivity index (χ2v) is 4.09. The van der Waals surface area contributed by atoms with Crippen LogP contribution in [0.5, 0.6) is 0 Å². The number of hydrogen-bond acceptors (Lipinski definition) is 3. The fraction of sp³-hybridized carbons (Fsp3) is 0.286. The summed E-state index contributed by atoms with van der Waals surface area (Å²) in [6.45, 7) is 2.69. The van der Waals surface area contributed by atoms with Crippen LogP contribution >= 0.6 is 0 Å². The van der Waals surface area contributed by atoms with Crippen LogP contribution in [-0.4, -0.2) is 12.5 Å². The number of unbranched alkanes of at least 4 members (excludes halogenated alkanes) is 1. The zero-order valence-electron chi connectivity index (χ0n) is 10.2. The number of carbonyl (C=O) groups is 1. The highest BCUT2D eigenvalue weighted by atomic mass is 16.4. The van der Waals surface area contributed by atoms with Crippen molar-refractivity contribution in [3.05, 3.63) is 46.5 Å². The van der Waals surface area contributed by atoms with E-state index in [2.05, 4.69) is 12.2 Å². The Bertz CT molecular complexity index is 616. The number of carbonyl (C=O) groups excluding carboxylic acids is 1. The summed E-state index contributed by atoms with van der Waals surface area (Å²) in [6.07, 6.45) is 3.18. The standard InChI is InChI=1S/C14H15NO3/c1-2-3-8-15-13(16)12-9-18-14(17)11-7-5-4-6-10(11)12/h4-7,9H,2-3,8H2,1H3,(H,15,16). The smallest absolute Gasteiger partial charge is 0.343 e. The highest BCUT2D eigenvalue weighted by Crippen LogP contribution is 2.14. The maximum Gasteiger partial charge on any atom is 0.343 e. The maximum absolute atomic E-state index is 12.0. The number of hydrogen-bond donors (Lipinski definition) is 1. The largest absolute Gasteiger partial charge is 0.430 e. The van der Waals surface area contributed by atoms with E-state index < -0.39 is 5.63 Å². The molecule has 94 valence electrons. The molecule has 0 aliphatic heterocycles. The second kappa shape index (κ2) is 5.49. The van der Waals surface area contributed by atoms with Crippen LogP contribution in [-0.2, 0) is 0 Å². The molecule has 0 fully saturated rings. The first-order chi connectivity index (χ1) is 8.74. The lowest BCUT2D eigenvalue weighted by Gasteiger charge is -2.06. The van der Waals surface area contributed by atoms with E-state index in [1.54, 1.807) is 24.3 Å². The zero-order valence-corrected chi connectivity index (χ0v) is 10.2. The summed E-state index contributed by atoms with van der Waals surface area (Å²) >= 11 is 0. The van der Waals surface area contributed by atoms with Crippen LogP contribution in [0.1, 0.15) is 30.1 Å². The summed E-state index contributed by atoms with van der Waals surface area (Å²) in [5.41, 5.74) is -0.0167. The van der Waals surface area contributed by atoms with E-state index in [0.717, 1.165) is 12.8 Å². The Hall–Kier alpha value is -2.10. The van der Waals surface area contributed by atoms with E-state index in [1.807, 2.05) is 0 Å². The predicted octanol–water partition coefficient (Wildman–Crippen LogP) is 2.32. The SMILES string of the molecule is CCCCNC(=O)c1coc(=O)c2ccccc12. The first-order valence-electron chi connectivity index (χ1n) is 6.02. The molecule has 1 aromatic heterocycles. The van der Waals surface area contributed by atoms with Gasteiger partial charge >= 0.3 is 5.63 Å². The molecule has 4 heteroatoms. The molecular weight excluding hydrogens is 230 g/mol. The molecule has 0 aliphatic carbocycles. The van der Waals surface area contributed by atoms with Crippen molar-refractivity contribution >= 4 is 16.7 Å². The summed E-state index contributed by atoms with van der Waals surface area (Å²) < 4.78 is 4.88. The van der Waals surface area contributed by atoms with Crippen LogP contribution in [0.15, 0.2) is 39.7 Å². The Morgan fingerprint density at radius 1 is 1.28 bits per heavy atom. The van der Waals surface area contributed by atoms with E-state index in [9.17, 15) is 9.59 Å². The molecule has 1 amide bonds. The highest BCUT2D eigenvalue weighted by Gasteiger charge is 2.12. The van der Waals surface area contributed by atoms with Gasteiger partial charge in [-0.1, -0.05) is 31.5 Å². The number of amides is 1. The molecule has 0 radical (unpaired) electrons. The van der Waals surface area contributed by atoms with Crippen LogP contribution in [0.25, 0.3) is 10.8 Å². The van der Waals surface area contributed by atoms with Gasteiger partial charge in [-0.15, -0.1) is 0 Å². The molecule has 0 spiro atoms. The van der Waals surface area contributed by atoms with Gasteiger partial charge in [0.15, 0.2) is 0 Å². The minimum Gasteiger partial charge on any atom is -0.430 e. The molecule has 18 heavy (non-hydrogen) atoms. The molecule has 0 bridgehead atoms. The van der Waals surface area contributed by atoms with E-state index in [0.29, 0.717) is 22.9 Å². The molecule has 0 saturated heterocycles. The van der Waals surface area contributed by atoms with Gasteiger partial charge in [-0.05, 0) is 12.5 Å². The van der Waals surface area contributed by atoms with Gasteiger partial charge in [-0.2, -0.15) is 0 Å². The molecule has 4 nitrogen and oxygen atoms in total. The Kier molecular flexibility index (Phi) is 3.77. The lowest BCUT2D eigenvalue weighted by atomic mass is 10.1. The third-order valence-electron chi connectivity index (χ3n) is 2.78. The summed E-state index contributed by atoms with van der Waals surface area (Å²) in [7, 11) is 0. The normalized spacial score (nSPS) is 10.5. The monoisotopic (exact) mass is 245 g/mol. The number of rotatable bonds is 4. The lowest BCUT2D eigenvalue weighted by molar-refractivity contribution is 0.0952. The second-order valence-electron chi connectivity index (χ2n) is 4.09. The van der Waals surface area contributed by atoms with Gasteiger partial charge in [0.05, 0.1) is 10.9 Å². The van der Waals surface area contributed by atoms with Crippen molar-refractivity contribution in [3.63, 3.8) is 0 Å². The summed E-state index contributed by atoms with van der Waals surface area (Å²) in [6, 6.07) is 6.95. The van der Waals surface area contributed by atoms with Crippen molar-refractivity contribution in [2.24, 2.45) is 0 Å². The number of fused-ring (bicyclic) bond motifs is 1. The van der Waals surface area contributed by atoms with Gasteiger partial charge < -0.3 is 9.73 Å². The number of nitrogens with one attached hydrogen (secondary N) is 1. The lowest BCUT2D eigenvalue weighted by Crippen LogP contribution is -2.25. The van der Waals surface area contributed by atoms with Gasteiger partial charge in [-0.25, -0.2) is 4.79 Å². The third-order valence-corrected chi connectivity index (χ3v) is 2.78. The van der Waals surface area contributed by atoms with E-state index in [-0.39, 0.29) is 5.91 Å². The van der Waals surface area contributed by atoms with Crippen molar-refractivity contribution in [2.45, 2.75) is 19.8 Å². The topological polar surface area (TPSA) is 59.3 Å². The third kappa shape index (κ3) is 2.42. The maximum atomic E-state index is 12.0. The van der Waals surface area contributed by atoms with Crippen molar-refractivity contribution in [1.29, 1.82) is 0 Å². The Labute approximate surface area is 105 Å². The first-order valence-corrected chi connectivity index (χ1v) is 6.02. The first kappa shape index (κ1) is 12.4. The molecule has 0 unspecified atom stereocenters. The van der Waals surface area contributed by atoms with Gasteiger partial charge in [0.2, 0.25) is 0 Å². The zero-order chi connectivity index (χ0) is 13.0. The molecule has 0 saturated carbocycles. The fourth-order valence-corrected chi connectivity index (χ4v) is 1.79. The molecule has 1 aromatic carbocycles. The van der Waals surface area contributed by atoms with Gasteiger partial charge in [0, 0.05) is 11.9 Å². The molecule has 2 rings (SSSR count). The quantitative estimate of drug-likeness (QED) is 0.841. The summed E-state index contributed by atoms with van der Waals surface area (Å²) in [5.74, 6) is -0.205. The summed E-state index contributed by atoms with van der Waals surface area (Å²) in [4.78, 5) is 23.5. The fourth-order valence-electron chi connectivity index (χ4n) is 1.79. The highest BCUT2D eigenvalue weighted by molar-refractivity contribution is 6.06. The minimum atomic E-state index is -0.421. The van der Waals surface area contributed by atoms with Crippen LogP contribution < -0.4 is 10.9 Å². The Morgan fingerprint density at radius 2 is 2.00 bits per heavy atom. The molecule has 1 heterocycles. The molecule has 0 aliphatic rings. The summed E-state index contributed by atoms with van der Waals surface area (Å²) in [5, 5.41) is 3.87. The van der Waals surface area contributed by atoms with Crippen molar-refractivity contribution in [1.82, 2.24) is 5.32 Å². The van der Waals surface area contributed by atoms with Crippen LogP contribution in [0.3, 0.4) is 0 Å². The van der Waals surface area contributed by atoms with Crippen molar-refractivity contribution in [2.75, 3.05) is 6.54 Å². The van der Waals surface area contributed by atoms with Crippen LogP contribution in [0.4, 0.5) is 0 Å². The average Bonchev–Trinajstić information content (AvgIpc) is 2.39. The van der Waals surface area contributed by atoms with E-state index in [4.69, 9.17) is 4.42 Å². The van der Waals surface area contributed by atoms with Crippen molar-refractivity contribution in [3.8, 4) is 0 Å². The Balaban J connectivity index is 2.36. The van der Waals surface area contributed by atoms with E-state index >= 15 is 0 Å². The molecule has 0 atom stereocenters. The van der Waals surface area contributed by atoms with Gasteiger partial charge in [0.1, 0.15) is 6.26 Å². The predicted molar refractivity (Wildman–Crippen MR) is 69.7 cm³/mol.